The molecule has 70 valence electrons. The topological polar surface area (TPSA) is 17.1 Å². The van der Waals surface area contributed by atoms with Gasteiger partial charge in [-0.1, -0.05) is 18.2 Å². The van der Waals surface area contributed by atoms with E-state index < -0.39 is 0 Å². The maximum atomic E-state index is 11.4. The van der Waals surface area contributed by atoms with Gasteiger partial charge in [-0.2, -0.15) is 0 Å². The van der Waals surface area contributed by atoms with Crippen molar-refractivity contribution in [2.45, 2.75) is 38.5 Å². The van der Waals surface area contributed by atoms with E-state index >= 15 is 0 Å². The van der Waals surface area contributed by atoms with Crippen molar-refractivity contribution in [2.24, 2.45) is 5.92 Å². The number of allylic oxidation sites excluding steroid dienone is 4. The predicted molar refractivity (Wildman–Crippen MR) is 53.4 cm³/mol. The Balaban J connectivity index is 2.01. The third-order valence-electron chi connectivity index (χ3n) is 2.95. The van der Waals surface area contributed by atoms with Crippen molar-refractivity contribution in [1.29, 1.82) is 0 Å². The first kappa shape index (κ1) is 8.74. The highest BCUT2D eigenvalue weighted by molar-refractivity contribution is 5.97. The van der Waals surface area contributed by atoms with E-state index in [1.165, 1.54) is 12.8 Å². The van der Waals surface area contributed by atoms with E-state index in [1.54, 1.807) is 0 Å². The van der Waals surface area contributed by atoms with Crippen molar-refractivity contribution in [3.63, 3.8) is 0 Å². The first-order valence-electron chi connectivity index (χ1n) is 5.25. The second-order valence-corrected chi connectivity index (χ2v) is 4.01. The van der Waals surface area contributed by atoms with Gasteiger partial charge >= 0.3 is 0 Å². The van der Waals surface area contributed by atoms with E-state index in [9.17, 15) is 4.79 Å². The summed E-state index contributed by atoms with van der Waals surface area (Å²) in [5, 5.41) is 0. The number of hydrogen-bond donors (Lipinski definition) is 0. The number of rotatable bonds is 1. The molecule has 0 N–H and O–H groups in total. The Labute approximate surface area is 79.5 Å². The van der Waals surface area contributed by atoms with Gasteiger partial charge < -0.3 is 0 Å². The summed E-state index contributed by atoms with van der Waals surface area (Å²) < 4.78 is 0. The molecule has 0 aromatic rings. The van der Waals surface area contributed by atoms with Gasteiger partial charge in [-0.3, -0.25) is 4.79 Å². The fourth-order valence-electron chi connectivity index (χ4n) is 2.17. The van der Waals surface area contributed by atoms with E-state index in [0.29, 0.717) is 11.7 Å². The maximum absolute atomic E-state index is 11.4. The Morgan fingerprint density at radius 2 is 2.23 bits per heavy atom. The lowest BCUT2D eigenvalue weighted by Gasteiger charge is -2.13. The van der Waals surface area contributed by atoms with Crippen LogP contribution < -0.4 is 0 Å². The molecule has 1 unspecified atom stereocenters. The van der Waals surface area contributed by atoms with Crippen LogP contribution >= 0.6 is 0 Å². The molecule has 0 aromatic carbocycles. The molecule has 2 aliphatic rings. The van der Waals surface area contributed by atoms with Gasteiger partial charge in [0, 0.05) is 6.42 Å². The highest BCUT2D eigenvalue weighted by atomic mass is 16.1. The molecule has 0 saturated heterocycles. The van der Waals surface area contributed by atoms with Crippen molar-refractivity contribution in [1.82, 2.24) is 0 Å². The van der Waals surface area contributed by atoms with Crippen LogP contribution in [0.25, 0.3) is 0 Å². The number of ketones is 1. The lowest BCUT2D eigenvalue weighted by molar-refractivity contribution is -0.114. The molecule has 1 saturated carbocycles. The van der Waals surface area contributed by atoms with Crippen LogP contribution in [-0.4, -0.2) is 5.78 Å². The third-order valence-corrected chi connectivity index (χ3v) is 2.95. The van der Waals surface area contributed by atoms with Gasteiger partial charge in [0.15, 0.2) is 5.78 Å². The van der Waals surface area contributed by atoms with E-state index in [1.807, 2.05) is 0 Å². The summed E-state index contributed by atoms with van der Waals surface area (Å²) in [5.41, 5.74) is 1.11. The van der Waals surface area contributed by atoms with Crippen LogP contribution in [-0.2, 0) is 4.79 Å². The lowest BCUT2D eigenvalue weighted by Crippen LogP contribution is -2.02. The number of carbonyl (C=O) groups is 1. The van der Waals surface area contributed by atoms with E-state index in [0.717, 1.165) is 31.3 Å². The zero-order chi connectivity index (χ0) is 9.10. The summed E-state index contributed by atoms with van der Waals surface area (Å²) in [7, 11) is 0. The highest BCUT2D eigenvalue weighted by Gasteiger charge is 2.18. The highest BCUT2D eigenvalue weighted by Crippen LogP contribution is 2.26. The van der Waals surface area contributed by atoms with Crippen molar-refractivity contribution in [3.05, 3.63) is 23.8 Å². The van der Waals surface area contributed by atoms with E-state index in [-0.39, 0.29) is 0 Å². The number of Topliss-reactive ketones (excluding diaryl/α,β-unsaturated/α-hetero) is 1. The van der Waals surface area contributed by atoms with Gasteiger partial charge in [-0.25, -0.2) is 0 Å². The average Bonchev–Trinajstić information content (AvgIpc) is 2.54. The van der Waals surface area contributed by atoms with Gasteiger partial charge in [-0.05, 0) is 43.6 Å². The molecular weight excluding hydrogens is 160 g/mol. The molecule has 0 bridgehead atoms. The molecule has 1 atom stereocenters. The summed E-state index contributed by atoms with van der Waals surface area (Å²) in [4.78, 5) is 11.4. The quantitative estimate of drug-likeness (QED) is 0.443. The molecule has 0 radical (unpaired) electrons. The van der Waals surface area contributed by atoms with Gasteiger partial charge in [-0.15, -0.1) is 0 Å². The molecule has 2 aliphatic carbocycles. The van der Waals surface area contributed by atoms with Gasteiger partial charge in [0.05, 0.1) is 0 Å². The Morgan fingerprint density at radius 3 is 2.85 bits per heavy atom. The van der Waals surface area contributed by atoms with Crippen molar-refractivity contribution in [3.8, 4) is 0 Å². The zero-order valence-corrected chi connectivity index (χ0v) is 7.96. The summed E-state index contributed by atoms with van der Waals surface area (Å²) in [5.74, 6) is 1.04. The molecule has 13 heavy (non-hydrogen) atoms. The van der Waals surface area contributed by atoms with Crippen LogP contribution in [0.4, 0.5) is 0 Å². The summed E-state index contributed by atoms with van der Waals surface area (Å²) in [6.45, 7) is 0. The predicted octanol–water partition coefficient (Wildman–Crippen LogP) is 3.02. The van der Waals surface area contributed by atoms with Crippen LogP contribution in [0, 0.1) is 5.92 Å². The smallest absolute Gasteiger partial charge is 0.158 e. The van der Waals surface area contributed by atoms with Crippen molar-refractivity contribution < 1.29 is 4.79 Å². The normalized spacial score (nSPS) is 31.5. The molecule has 2 rings (SSSR count). The van der Waals surface area contributed by atoms with Crippen LogP contribution in [0.3, 0.4) is 0 Å². The molecule has 1 nitrogen and oxygen atoms in total. The fraction of sp³-hybridized carbons (Fsp3) is 0.583. The summed E-state index contributed by atoms with van der Waals surface area (Å²) in [6, 6.07) is 0. The summed E-state index contributed by atoms with van der Waals surface area (Å²) in [6.07, 6.45) is 13.2. The van der Waals surface area contributed by atoms with Crippen LogP contribution in [0.2, 0.25) is 0 Å². The summed E-state index contributed by atoms with van der Waals surface area (Å²) >= 11 is 0. The second kappa shape index (κ2) is 3.91. The molecule has 0 amide bonds. The van der Waals surface area contributed by atoms with E-state index in [4.69, 9.17) is 0 Å². The Kier molecular flexibility index (Phi) is 2.62. The molecule has 0 heterocycles. The van der Waals surface area contributed by atoms with Gasteiger partial charge in [0.1, 0.15) is 0 Å². The molecular formula is C12H16O. The van der Waals surface area contributed by atoms with Gasteiger partial charge in [0.2, 0.25) is 0 Å². The van der Waals surface area contributed by atoms with Crippen LogP contribution in [0.15, 0.2) is 23.8 Å². The molecule has 0 aliphatic heterocycles. The van der Waals surface area contributed by atoms with E-state index in [2.05, 4.69) is 18.2 Å². The molecule has 0 spiro atoms. The Morgan fingerprint density at radius 1 is 1.31 bits per heavy atom. The minimum absolute atomic E-state index is 0.398. The molecule has 0 aromatic heterocycles. The third kappa shape index (κ3) is 2.09. The minimum atomic E-state index is 0.398. The monoisotopic (exact) mass is 176 g/mol. The van der Waals surface area contributed by atoms with Crippen molar-refractivity contribution in [2.75, 3.05) is 0 Å². The minimum Gasteiger partial charge on any atom is -0.295 e. The first-order chi connectivity index (χ1) is 6.36. The van der Waals surface area contributed by atoms with Crippen LogP contribution in [0.5, 0.6) is 0 Å². The SMILES string of the molecule is O=C1CCCC1=CC1CC=CCC1. The standard InChI is InChI=1S/C12H16O/c13-12-8-4-7-11(12)9-10-5-2-1-3-6-10/h1-2,9-10H,3-8H2. The maximum Gasteiger partial charge on any atom is 0.158 e. The fourth-order valence-corrected chi connectivity index (χ4v) is 2.17. The van der Waals surface area contributed by atoms with Crippen LogP contribution in [0.1, 0.15) is 38.5 Å². The largest absolute Gasteiger partial charge is 0.295 e. The molecule has 1 fully saturated rings. The second-order valence-electron chi connectivity index (χ2n) is 4.01. The average molecular weight is 176 g/mol. The number of carbonyl (C=O) groups excluding carboxylic acids is 1. The lowest BCUT2D eigenvalue weighted by atomic mass is 9.92. The van der Waals surface area contributed by atoms with Gasteiger partial charge in [0.25, 0.3) is 0 Å². The zero-order valence-electron chi connectivity index (χ0n) is 7.96. The molecule has 1 heteroatoms. The van der Waals surface area contributed by atoms with Crippen molar-refractivity contribution >= 4 is 5.78 Å². The Bertz CT molecular complexity index is 260. The number of hydrogen-bond acceptors (Lipinski definition) is 1. The first-order valence-corrected chi connectivity index (χ1v) is 5.25. The Hall–Kier alpha value is -0.850.